The first kappa shape index (κ1) is 19.5. The molecule has 0 saturated carbocycles. The van der Waals surface area contributed by atoms with Gasteiger partial charge in [0.05, 0.1) is 19.3 Å². The van der Waals surface area contributed by atoms with Crippen LogP contribution in [0.25, 0.3) is 0 Å². The van der Waals surface area contributed by atoms with Crippen LogP contribution in [0.4, 0.5) is 0 Å². The molecule has 1 amide bonds. The number of carbonyl (C=O) groups excluding carboxylic acids is 1. The number of benzene rings is 1. The van der Waals surface area contributed by atoms with Gasteiger partial charge in [0.2, 0.25) is 5.91 Å². The lowest BCUT2D eigenvalue weighted by molar-refractivity contribution is -0.121. The Morgan fingerprint density at radius 2 is 1.93 bits per heavy atom. The van der Waals surface area contributed by atoms with Gasteiger partial charge in [0, 0.05) is 38.4 Å². The smallest absolute Gasteiger partial charge is 0.220 e. The number of pyridine rings is 1. The summed E-state index contributed by atoms with van der Waals surface area (Å²) in [5.41, 5.74) is 2.48. The maximum Gasteiger partial charge on any atom is 0.220 e. The minimum atomic E-state index is 0.130. The number of nitrogens with zero attached hydrogens (tertiary/aromatic N) is 2. The van der Waals surface area contributed by atoms with Gasteiger partial charge in [-0.15, -0.1) is 0 Å². The maximum atomic E-state index is 12.3. The molecule has 0 spiro atoms. The summed E-state index contributed by atoms with van der Waals surface area (Å²) in [4.78, 5) is 18.9. The molecule has 1 unspecified atom stereocenters. The molecule has 0 radical (unpaired) electrons. The average Bonchev–Trinajstić information content (AvgIpc) is 2.74. The summed E-state index contributed by atoms with van der Waals surface area (Å²) in [6.07, 6.45) is 7.23. The second-order valence-electron chi connectivity index (χ2n) is 6.95. The minimum absolute atomic E-state index is 0.130. The molecule has 1 aromatic heterocycles. The van der Waals surface area contributed by atoms with Gasteiger partial charge in [-0.05, 0) is 36.5 Å². The zero-order valence-corrected chi connectivity index (χ0v) is 15.8. The van der Waals surface area contributed by atoms with Crippen molar-refractivity contribution in [2.75, 3.05) is 32.8 Å². The Morgan fingerprint density at radius 3 is 2.67 bits per heavy atom. The summed E-state index contributed by atoms with van der Waals surface area (Å²) in [5.74, 6) is 0.130. The minimum Gasteiger partial charge on any atom is -0.379 e. The fraction of sp³-hybridized carbons (Fsp3) is 0.455. The first-order valence-electron chi connectivity index (χ1n) is 9.85. The molecule has 1 atom stereocenters. The lowest BCUT2D eigenvalue weighted by atomic mass is 10.1. The van der Waals surface area contributed by atoms with Crippen LogP contribution in [-0.2, 0) is 16.0 Å². The third-order valence-corrected chi connectivity index (χ3v) is 5.01. The van der Waals surface area contributed by atoms with Gasteiger partial charge >= 0.3 is 0 Å². The highest BCUT2D eigenvalue weighted by atomic mass is 16.5. The number of unbranched alkanes of at least 4 members (excludes halogenated alkanes) is 1. The van der Waals surface area contributed by atoms with Crippen LogP contribution in [0.1, 0.15) is 36.4 Å². The van der Waals surface area contributed by atoms with E-state index in [0.717, 1.165) is 51.1 Å². The molecule has 1 N–H and O–H groups in total. The van der Waals surface area contributed by atoms with E-state index >= 15 is 0 Å². The van der Waals surface area contributed by atoms with Crippen LogP contribution in [0.5, 0.6) is 0 Å². The van der Waals surface area contributed by atoms with Crippen LogP contribution in [0.3, 0.4) is 0 Å². The lowest BCUT2D eigenvalue weighted by Gasteiger charge is -2.34. The summed E-state index contributed by atoms with van der Waals surface area (Å²) in [5, 5.41) is 3.13. The molecule has 2 aromatic rings. The van der Waals surface area contributed by atoms with Crippen molar-refractivity contribution in [1.82, 2.24) is 15.2 Å². The molecule has 1 aliphatic heterocycles. The van der Waals surface area contributed by atoms with Crippen molar-refractivity contribution in [3.8, 4) is 0 Å². The molecule has 5 nitrogen and oxygen atoms in total. The van der Waals surface area contributed by atoms with Crippen molar-refractivity contribution >= 4 is 5.91 Å². The van der Waals surface area contributed by atoms with Gasteiger partial charge in [0.25, 0.3) is 0 Å². The van der Waals surface area contributed by atoms with E-state index in [9.17, 15) is 4.79 Å². The second-order valence-corrected chi connectivity index (χ2v) is 6.95. The van der Waals surface area contributed by atoms with Gasteiger partial charge in [-0.1, -0.05) is 36.4 Å². The SMILES string of the molecule is O=C(CCCCc1ccccc1)NCC(c1cccnc1)N1CCOCC1. The average molecular weight is 367 g/mol. The van der Waals surface area contributed by atoms with Gasteiger partial charge in [0.15, 0.2) is 0 Å². The van der Waals surface area contributed by atoms with E-state index in [0.29, 0.717) is 13.0 Å². The van der Waals surface area contributed by atoms with E-state index in [2.05, 4.69) is 45.5 Å². The highest BCUT2D eigenvalue weighted by Gasteiger charge is 2.23. The predicted molar refractivity (Wildman–Crippen MR) is 106 cm³/mol. The number of rotatable bonds is 9. The summed E-state index contributed by atoms with van der Waals surface area (Å²) in [6.45, 7) is 3.86. The van der Waals surface area contributed by atoms with E-state index in [4.69, 9.17) is 4.74 Å². The van der Waals surface area contributed by atoms with Crippen molar-refractivity contribution < 1.29 is 9.53 Å². The number of aromatic nitrogens is 1. The Hall–Kier alpha value is -2.24. The molecule has 3 rings (SSSR count). The number of hydrogen-bond acceptors (Lipinski definition) is 4. The van der Waals surface area contributed by atoms with E-state index in [1.54, 1.807) is 6.20 Å². The second kappa shape index (κ2) is 10.8. The largest absolute Gasteiger partial charge is 0.379 e. The van der Waals surface area contributed by atoms with Gasteiger partial charge in [-0.2, -0.15) is 0 Å². The third kappa shape index (κ3) is 6.45. The molecule has 1 aliphatic rings. The monoisotopic (exact) mass is 367 g/mol. The van der Waals surface area contributed by atoms with E-state index in [-0.39, 0.29) is 11.9 Å². The Bertz CT molecular complexity index is 672. The molecule has 5 heteroatoms. The molecule has 0 bridgehead atoms. The van der Waals surface area contributed by atoms with Crippen molar-refractivity contribution in [2.24, 2.45) is 0 Å². The number of carbonyl (C=O) groups is 1. The van der Waals surface area contributed by atoms with Gasteiger partial charge in [-0.25, -0.2) is 0 Å². The highest BCUT2D eigenvalue weighted by Crippen LogP contribution is 2.20. The summed E-state index contributed by atoms with van der Waals surface area (Å²) in [6, 6.07) is 14.6. The summed E-state index contributed by atoms with van der Waals surface area (Å²) < 4.78 is 5.47. The predicted octanol–water partition coefficient (Wildman–Crippen LogP) is 2.98. The van der Waals surface area contributed by atoms with Gasteiger partial charge < -0.3 is 10.1 Å². The molecule has 0 aliphatic carbocycles. The van der Waals surface area contributed by atoms with Gasteiger partial charge in [0.1, 0.15) is 0 Å². The lowest BCUT2D eigenvalue weighted by Crippen LogP contribution is -2.43. The van der Waals surface area contributed by atoms with Crippen LogP contribution in [0, 0.1) is 0 Å². The maximum absolute atomic E-state index is 12.3. The molecule has 1 fully saturated rings. The number of hydrogen-bond donors (Lipinski definition) is 1. The van der Waals surface area contributed by atoms with Gasteiger partial charge in [-0.3, -0.25) is 14.7 Å². The van der Waals surface area contributed by atoms with Crippen LogP contribution in [0.2, 0.25) is 0 Å². The van der Waals surface area contributed by atoms with E-state index < -0.39 is 0 Å². The number of amides is 1. The van der Waals surface area contributed by atoms with Crippen LogP contribution >= 0.6 is 0 Å². The molecule has 27 heavy (non-hydrogen) atoms. The molecule has 144 valence electrons. The van der Waals surface area contributed by atoms with Crippen molar-refractivity contribution in [3.63, 3.8) is 0 Å². The Kier molecular flexibility index (Phi) is 7.81. The van der Waals surface area contributed by atoms with Crippen LogP contribution in [0.15, 0.2) is 54.9 Å². The normalized spacial score (nSPS) is 16.0. The number of nitrogens with one attached hydrogen (secondary N) is 1. The molecule has 1 saturated heterocycles. The van der Waals surface area contributed by atoms with Crippen LogP contribution < -0.4 is 5.32 Å². The topological polar surface area (TPSA) is 54.5 Å². The zero-order valence-electron chi connectivity index (χ0n) is 15.8. The molecular weight excluding hydrogens is 338 g/mol. The fourth-order valence-corrected chi connectivity index (χ4v) is 3.48. The van der Waals surface area contributed by atoms with Crippen molar-refractivity contribution in [1.29, 1.82) is 0 Å². The number of aryl methyl sites for hydroxylation is 1. The molecule has 1 aromatic carbocycles. The fourth-order valence-electron chi connectivity index (χ4n) is 3.48. The highest BCUT2D eigenvalue weighted by molar-refractivity contribution is 5.75. The first-order valence-corrected chi connectivity index (χ1v) is 9.85. The molecular formula is C22H29N3O2. The van der Waals surface area contributed by atoms with Crippen molar-refractivity contribution in [2.45, 2.75) is 31.7 Å². The van der Waals surface area contributed by atoms with Crippen LogP contribution in [-0.4, -0.2) is 48.6 Å². The Morgan fingerprint density at radius 1 is 1.11 bits per heavy atom. The van der Waals surface area contributed by atoms with E-state index in [1.807, 2.05) is 18.3 Å². The number of morpholine rings is 1. The Labute approximate surface area is 161 Å². The Balaban J connectivity index is 1.44. The standard InChI is InChI=1S/C22H29N3O2/c26-22(11-5-4-9-19-7-2-1-3-8-19)24-18-21(20-10-6-12-23-17-20)25-13-15-27-16-14-25/h1-3,6-8,10,12,17,21H,4-5,9,11,13-16,18H2,(H,24,26). The zero-order chi connectivity index (χ0) is 18.7. The number of ether oxygens (including phenoxy) is 1. The summed E-state index contributed by atoms with van der Waals surface area (Å²) in [7, 11) is 0. The first-order chi connectivity index (χ1) is 13.3. The molecule has 2 heterocycles. The quantitative estimate of drug-likeness (QED) is 0.693. The van der Waals surface area contributed by atoms with Crippen molar-refractivity contribution in [3.05, 3.63) is 66.0 Å². The van der Waals surface area contributed by atoms with E-state index in [1.165, 1.54) is 5.56 Å². The third-order valence-electron chi connectivity index (χ3n) is 5.01. The summed E-state index contributed by atoms with van der Waals surface area (Å²) >= 11 is 0.